The van der Waals surface area contributed by atoms with E-state index in [-0.39, 0.29) is 6.09 Å². The topological polar surface area (TPSA) is 49.8 Å². The zero-order valence-corrected chi connectivity index (χ0v) is 13.6. The van der Waals surface area contributed by atoms with Crippen molar-refractivity contribution < 1.29 is 14.6 Å². The third-order valence-electron chi connectivity index (χ3n) is 3.52. The molecule has 4 nitrogen and oxygen atoms in total. The van der Waals surface area contributed by atoms with Gasteiger partial charge in [-0.1, -0.05) is 12.1 Å². The number of hydrogen-bond acceptors (Lipinski definition) is 3. The maximum atomic E-state index is 12.3. The molecule has 2 rings (SSSR count). The number of aliphatic hydroxyl groups is 1. The van der Waals surface area contributed by atoms with Crippen LogP contribution in [-0.2, 0) is 16.8 Å². The molecule has 1 aliphatic heterocycles. The molecule has 0 aromatic heterocycles. The molecule has 0 aliphatic carbocycles. The second kappa shape index (κ2) is 5.34. The van der Waals surface area contributed by atoms with Gasteiger partial charge in [-0.15, -0.1) is 0 Å². The molecule has 0 atom stereocenters. The smallest absolute Gasteiger partial charge is 0.414 e. The molecule has 1 heterocycles. The fourth-order valence-electron chi connectivity index (χ4n) is 2.48. The van der Waals surface area contributed by atoms with Crippen molar-refractivity contribution in [3.05, 3.63) is 29.3 Å². The summed E-state index contributed by atoms with van der Waals surface area (Å²) in [7, 11) is 0. The van der Waals surface area contributed by atoms with E-state index in [1.807, 2.05) is 39.0 Å². The van der Waals surface area contributed by atoms with Crippen molar-refractivity contribution in [3.8, 4) is 0 Å². The van der Waals surface area contributed by atoms with Crippen molar-refractivity contribution in [1.82, 2.24) is 0 Å². The first-order valence-corrected chi connectivity index (χ1v) is 7.44. The molecule has 1 aromatic carbocycles. The van der Waals surface area contributed by atoms with Crippen molar-refractivity contribution in [3.63, 3.8) is 0 Å². The lowest BCUT2D eigenvalue weighted by atomic mass is 9.92. The summed E-state index contributed by atoms with van der Waals surface area (Å²) in [6, 6.07) is 5.78. The molecule has 1 aromatic rings. The number of fused-ring (bicyclic) bond motifs is 1. The molecule has 0 bridgehead atoms. The Balaban J connectivity index is 2.30. The Bertz CT molecular complexity index is 538. The first kappa shape index (κ1) is 15.8. The van der Waals surface area contributed by atoms with Gasteiger partial charge in [-0.3, -0.25) is 4.90 Å². The number of amides is 1. The summed E-state index contributed by atoms with van der Waals surface area (Å²) >= 11 is 0. The van der Waals surface area contributed by atoms with E-state index >= 15 is 0 Å². The van der Waals surface area contributed by atoms with Crippen LogP contribution in [0.15, 0.2) is 18.2 Å². The molecule has 4 heteroatoms. The van der Waals surface area contributed by atoms with Crippen molar-refractivity contribution in [2.24, 2.45) is 0 Å². The standard InChI is InChI=1S/C17H25NO3/c1-16(2,3)21-15(19)18-10-6-7-12-11-13(17(4,5)20)8-9-14(12)18/h8-9,11,20H,6-7,10H2,1-5H3. The van der Waals surface area contributed by atoms with Gasteiger partial charge in [0.1, 0.15) is 5.60 Å². The molecule has 116 valence electrons. The van der Waals surface area contributed by atoms with Gasteiger partial charge >= 0.3 is 6.09 Å². The summed E-state index contributed by atoms with van der Waals surface area (Å²) in [5.41, 5.74) is 1.48. The number of hydrogen-bond donors (Lipinski definition) is 1. The molecule has 0 fully saturated rings. The number of benzene rings is 1. The van der Waals surface area contributed by atoms with Crippen LogP contribution in [0.3, 0.4) is 0 Å². The first-order valence-electron chi connectivity index (χ1n) is 7.44. The summed E-state index contributed by atoms with van der Waals surface area (Å²) in [6.45, 7) is 9.81. The van der Waals surface area contributed by atoms with Crippen molar-refractivity contribution in [1.29, 1.82) is 0 Å². The monoisotopic (exact) mass is 291 g/mol. The largest absolute Gasteiger partial charge is 0.443 e. The lowest BCUT2D eigenvalue weighted by Crippen LogP contribution is -2.39. The van der Waals surface area contributed by atoms with Crippen LogP contribution in [0.4, 0.5) is 10.5 Å². The van der Waals surface area contributed by atoms with Gasteiger partial charge in [0.2, 0.25) is 0 Å². The molecule has 21 heavy (non-hydrogen) atoms. The second-order valence-electron chi connectivity index (χ2n) is 7.14. The minimum atomic E-state index is -0.872. The summed E-state index contributed by atoms with van der Waals surface area (Å²) in [5.74, 6) is 0. The molecule has 0 saturated carbocycles. The van der Waals surface area contributed by atoms with E-state index < -0.39 is 11.2 Å². The molecule has 0 saturated heterocycles. The van der Waals surface area contributed by atoms with Gasteiger partial charge in [0.05, 0.1) is 11.3 Å². The average Bonchev–Trinajstić information content (AvgIpc) is 2.34. The van der Waals surface area contributed by atoms with Crippen molar-refractivity contribution in [2.45, 2.75) is 58.7 Å². The predicted molar refractivity (Wildman–Crippen MR) is 83.6 cm³/mol. The van der Waals surface area contributed by atoms with Crippen LogP contribution < -0.4 is 4.90 Å². The lowest BCUT2D eigenvalue weighted by molar-refractivity contribution is 0.0578. The Morgan fingerprint density at radius 3 is 2.48 bits per heavy atom. The molecule has 0 unspecified atom stereocenters. The molecule has 1 aliphatic rings. The number of ether oxygens (including phenoxy) is 1. The quantitative estimate of drug-likeness (QED) is 0.860. The Morgan fingerprint density at radius 2 is 1.90 bits per heavy atom. The number of carbonyl (C=O) groups is 1. The maximum Gasteiger partial charge on any atom is 0.414 e. The van der Waals surface area contributed by atoms with E-state index in [0.717, 1.165) is 29.7 Å². The Morgan fingerprint density at radius 1 is 1.24 bits per heavy atom. The highest BCUT2D eigenvalue weighted by Crippen LogP contribution is 2.32. The van der Waals surface area contributed by atoms with E-state index in [1.54, 1.807) is 18.7 Å². The van der Waals surface area contributed by atoms with Gasteiger partial charge in [-0.2, -0.15) is 0 Å². The number of aryl methyl sites for hydroxylation is 1. The predicted octanol–water partition coefficient (Wildman–Crippen LogP) is 3.60. The van der Waals surface area contributed by atoms with Crippen LogP contribution in [0.1, 0.15) is 52.2 Å². The number of nitrogens with zero attached hydrogens (tertiary/aromatic N) is 1. The van der Waals surface area contributed by atoms with E-state index in [2.05, 4.69) is 0 Å². The summed E-state index contributed by atoms with van der Waals surface area (Å²) in [4.78, 5) is 14.0. The Kier molecular flexibility index (Phi) is 4.02. The second-order valence-corrected chi connectivity index (χ2v) is 7.14. The summed E-state index contributed by atoms with van der Waals surface area (Å²) in [5, 5.41) is 10.1. The van der Waals surface area contributed by atoms with E-state index in [9.17, 15) is 9.90 Å². The van der Waals surface area contributed by atoms with Crippen molar-refractivity contribution >= 4 is 11.8 Å². The molecular weight excluding hydrogens is 266 g/mol. The maximum absolute atomic E-state index is 12.3. The van der Waals surface area contributed by atoms with Crippen LogP contribution in [0.2, 0.25) is 0 Å². The van der Waals surface area contributed by atoms with E-state index in [1.165, 1.54) is 0 Å². The Labute approximate surface area is 126 Å². The number of anilines is 1. The highest BCUT2D eigenvalue weighted by Gasteiger charge is 2.28. The van der Waals surface area contributed by atoms with Gasteiger partial charge in [0.25, 0.3) is 0 Å². The van der Waals surface area contributed by atoms with Crippen LogP contribution in [0, 0.1) is 0 Å². The third kappa shape index (κ3) is 3.76. The number of carbonyl (C=O) groups excluding carboxylic acids is 1. The van der Waals surface area contributed by atoms with E-state index in [0.29, 0.717) is 6.54 Å². The fourth-order valence-corrected chi connectivity index (χ4v) is 2.48. The molecule has 1 N–H and O–H groups in total. The normalized spacial score (nSPS) is 15.6. The summed E-state index contributed by atoms with van der Waals surface area (Å²) < 4.78 is 5.47. The highest BCUT2D eigenvalue weighted by atomic mass is 16.6. The van der Waals surface area contributed by atoms with Crippen LogP contribution >= 0.6 is 0 Å². The lowest BCUT2D eigenvalue weighted by Gasteiger charge is -2.32. The molecule has 1 amide bonds. The average molecular weight is 291 g/mol. The van der Waals surface area contributed by atoms with Crippen LogP contribution in [-0.4, -0.2) is 23.3 Å². The van der Waals surface area contributed by atoms with Crippen molar-refractivity contribution in [2.75, 3.05) is 11.4 Å². The molecular formula is C17H25NO3. The minimum Gasteiger partial charge on any atom is -0.443 e. The van der Waals surface area contributed by atoms with Gasteiger partial charge in [0.15, 0.2) is 0 Å². The van der Waals surface area contributed by atoms with Gasteiger partial charge in [-0.05, 0) is 64.7 Å². The van der Waals surface area contributed by atoms with Gasteiger partial charge in [0, 0.05) is 6.54 Å². The van der Waals surface area contributed by atoms with Gasteiger partial charge in [-0.25, -0.2) is 4.79 Å². The number of rotatable bonds is 1. The highest BCUT2D eigenvalue weighted by molar-refractivity contribution is 5.89. The first-order chi connectivity index (χ1) is 9.58. The zero-order valence-electron chi connectivity index (χ0n) is 13.6. The summed E-state index contributed by atoms with van der Waals surface area (Å²) in [6.07, 6.45) is 1.51. The van der Waals surface area contributed by atoms with Gasteiger partial charge < -0.3 is 9.84 Å². The minimum absolute atomic E-state index is 0.306. The van der Waals surface area contributed by atoms with Crippen LogP contribution in [0.5, 0.6) is 0 Å². The molecule has 0 spiro atoms. The third-order valence-corrected chi connectivity index (χ3v) is 3.52. The Hall–Kier alpha value is -1.55. The molecule has 0 radical (unpaired) electrons. The van der Waals surface area contributed by atoms with E-state index in [4.69, 9.17) is 4.74 Å². The van der Waals surface area contributed by atoms with Crippen LogP contribution in [0.25, 0.3) is 0 Å². The zero-order chi connectivity index (χ0) is 15.8. The fraction of sp³-hybridized carbons (Fsp3) is 0.588. The SMILES string of the molecule is CC(C)(C)OC(=O)N1CCCc2cc(C(C)(C)O)ccc21.